The molecule has 0 saturated carbocycles. The topological polar surface area (TPSA) is 77.9 Å². The van der Waals surface area contributed by atoms with Crippen LogP contribution in [0.5, 0.6) is 5.75 Å². The Bertz CT molecular complexity index is 842. The van der Waals surface area contributed by atoms with Gasteiger partial charge in [-0.1, -0.05) is 30.9 Å². The van der Waals surface area contributed by atoms with Crippen LogP contribution < -0.4 is 20.3 Å². The number of hydrogen-bond acceptors (Lipinski definition) is 6. The minimum Gasteiger partial charge on any atom is -0.489 e. The number of hydrogen-bond donors (Lipinski definition) is 2. The number of halogens is 1. The zero-order chi connectivity index (χ0) is 22.4. The molecule has 2 aromatic rings. The fourth-order valence-electron chi connectivity index (χ4n) is 3.57. The standard InChI is InChI=1S/C24H35N7O.HI/c1-3-19-32-22-10-6-5-9-21(22)20-29-23(25-4-2)26-13-8-14-30-15-17-31(18-16-30)24-27-11-7-12-28-24;/h3,5-7,9-12H,1,4,8,13-20H2,2H3,(H2,25,26,29);1H. The molecule has 3 rings (SSSR count). The zero-order valence-corrected chi connectivity index (χ0v) is 21.8. The first-order valence-electron chi connectivity index (χ1n) is 11.4. The van der Waals surface area contributed by atoms with Gasteiger partial charge in [0.1, 0.15) is 12.4 Å². The maximum absolute atomic E-state index is 5.74. The van der Waals surface area contributed by atoms with E-state index in [9.17, 15) is 0 Å². The minimum atomic E-state index is 0. The highest BCUT2D eigenvalue weighted by atomic mass is 127. The van der Waals surface area contributed by atoms with Crippen LogP contribution >= 0.6 is 24.0 Å². The average molecular weight is 566 g/mol. The van der Waals surface area contributed by atoms with Crippen molar-refractivity contribution in [2.75, 3.05) is 57.3 Å². The molecule has 1 aliphatic heterocycles. The van der Waals surface area contributed by atoms with Crippen molar-refractivity contribution >= 4 is 35.9 Å². The summed E-state index contributed by atoms with van der Waals surface area (Å²) < 4.78 is 5.74. The molecule has 1 aliphatic rings. The first-order valence-corrected chi connectivity index (χ1v) is 11.4. The van der Waals surface area contributed by atoms with Gasteiger partial charge >= 0.3 is 0 Å². The van der Waals surface area contributed by atoms with E-state index in [0.717, 1.165) is 75.5 Å². The molecular formula is C24H36IN7O. The van der Waals surface area contributed by atoms with E-state index >= 15 is 0 Å². The molecule has 0 radical (unpaired) electrons. The fraction of sp³-hybridized carbons (Fsp3) is 0.458. The summed E-state index contributed by atoms with van der Waals surface area (Å²) in [7, 11) is 0. The second kappa shape index (κ2) is 15.4. The Labute approximate surface area is 214 Å². The number of aromatic nitrogens is 2. The quantitative estimate of drug-likeness (QED) is 0.143. The molecule has 1 saturated heterocycles. The average Bonchev–Trinajstić information content (AvgIpc) is 2.85. The van der Waals surface area contributed by atoms with Crippen LogP contribution in [-0.4, -0.2) is 73.2 Å². The molecule has 8 nitrogen and oxygen atoms in total. The van der Waals surface area contributed by atoms with Gasteiger partial charge in [-0.25, -0.2) is 15.0 Å². The van der Waals surface area contributed by atoms with E-state index in [2.05, 4.69) is 43.9 Å². The van der Waals surface area contributed by atoms with Gasteiger partial charge in [-0.05, 0) is 32.0 Å². The Morgan fingerprint density at radius 3 is 2.61 bits per heavy atom. The van der Waals surface area contributed by atoms with E-state index in [-0.39, 0.29) is 24.0 Å². The minimum absolute atomic E-state index is 0. The molecule has 1 aromatic heterocycles. The van der Waals surface area contributed by atoms with Gasteiger partial charge in [-0.15, -0.1) is 24.0 Å². The Balaban J connectivity index is 0.00000385. The van der Waals surface area contributed by atoms with Crippen LogP contribution in [0, 0.1) is 0 Å². The Morgan fingerprint density at radius 2 is 1.88 bits per heavy atom. The van der Waals surface area contributed by atoms with Crippen molar-refractivity contribution in [1.29, 1.82) is 0 Å². The number of anilines is 1. The van der Waals surface area contributed by atoms with Crippen LogP contribution in [0.1, 0.15) is 18.9 Å². The lowest BCUT2D eigenvalue weighted by molar-refractivity contribution is 0.254. The molecule has 0 unspecified atom stereocenters. The highest BCUT2D eigenvalue weighted by molar-refractivity contribution is 14.0. The van der Waals surface area contributed by atoms with E-state index in [1.54, 1.807) is 18.5 Å². The van der Waals surface area contributed by atoms with Crippen molar-refractivity contribution in [2.45, 2.75) is 19.9 Å². The maximum Gasteiger partial charge on any atom is 0.225 e. The smallest absolute Gasteiger partial charge is 0.225 e. The fourth-order valence-corrected chi connectivity index (χ4v) is 3.57. The second-order valence-corrected chi connectivity index (χ2v) is 7.56. The van der Waals surface area contributed by atoms with E-state index in [1.165, 1.54) is 0 Å². The molecule has 1 aromatic carbocycles. The number of ether oxygens (including phenoxy) is 1. The number of nitrogens with zero attached hydrogens (tertiary/aromatic N) is 5. The van der Waals surface area contributed by atoms with Gasteiger partial charge in [0, 0.05) is 57.2 Å². The van der Waals surface area contributed by atoms with Crippen molar-refractivity contribution in [3.8, 4) is 5.75 Å². The highest BCUT2D eigenvalue weighted by Gasteiger charge is 2.18. The van der Waals surface area contributed by atoms with E-state index in [0.29, 0.717) is 13.2 Å². The van der Waals surface area contributed by atoms with Gasteiger partial charge in [0.05, 0.1) is 6.54 Å². The van der Waals surface area contributed by atoms with Crippen molar-refractivity contribution in [2.24, 2.45) is 4.99 Å². The highest BCUT2D eigenvalue weighted by Crippen LogP contribution is 2.18. The van der Waals surface area contributed by atoms with Crippen LogP contribution in [0.2, 0.25) is 0 Å². The zero-order valence-electron chi connectivity index (χ0n) is 19.4. The molecular weight excluding hydrogens is 529 g/mol. The summed E-state index contributed by atoms with van der Waals surface area (Å²) in [6.45, 7) is 13.6. The largest absolute Gasteiger partial charge is 0.489 e. The summed E-state index contributed by atoms with van der Waals surface area (Å²) in [5, 5.41) is 6.78. The lowest BCUT2D eigenvalue weighted by atomic mass is 10.2. The molecule has 0 aliphatic carbocycles. The molecule has 1 fully saturated rings. The summed E-state index contributed by atoms with van der Waals surface area (Å²) >= 11 is 0. The van der Waals surface area contributed by atoms with E-state index in [4.69, 9.17) is 9.73 Å². The third-order valence-corrected chi connectivity index (χ3v) is 5.23. The summed E-state index contributed by atoms with van der Waals surface area (Å²) in [4.78, 5) is 18.2. The predicted molar refractivity (Wildman–Crippen MR) is 146 cm³/mol. The Morgan fingerprint density at radius 1 is 1.12 bits per heavy atom. The van der Waals surface area contributed by atoms with Crippen molar-refractivity contribution in [3.63, 3.8) is 0 Å². The van der Waals surface area contributed by atoms with E-state index in [1.807, 2.05) is 30.3 Å². The number of rotatable bonds is 11. The second-order valence-electron chi connectivity index (χ2n) is 7.56. The lowest BCUT2D eigenvalue weighted by Gasteiger charge is -2.34. The van der Waals surface area contributed by atoms with Gasteiger partial charge in [0.25, 0.3) is 0 Å². The first kappa shape index (κ1) is 26.8. The Hall–Kier alpha value is -2.40. The van der Waals surface area contributed by atoms with Gasteiger partial charge in [-0.2, -0.15) is 0 Å². The van der Waals surface area contributed by atoms with Gasteiger partial charge < -0.3 is 20.3 Å². The van der Waals surface area contributed by atoms with Gasteiger partial charge in [0.15, 0.2) is 5.96 Å². The van der Waals surface area contributed by atoms with Crippen LogP contribution in [0.4, 0.5) is 5.95 Å². The summed E-state index contributed by atoms with van der Waals surface area (Å²) in [5.41, 5.74) is 1.06. The van der Waals surface area contributed by atoms with Crippen molar-refractivity contribution in [1.82, 2.24) is 25.5 Å². The molecule has 0 amide bonds. The normalized spacial score (nSPS) is 14.3. The van der Waals surface area contributed by atoms with Crippen LogP contribution in [-0.2, 0) is 6.54 Å². The molecule has 2 heterocycles. The molecule has 2 N–H and O–H groups in total. The van der Waals surface area contributed by atoms with Gasteiger partial charge in [-0.3, -0.25) is 4.90 Å². The van der Waals surface area contributed by atoms with Crippen LogP contribution in [0.25, 0.3) is 0 Å². The number of guanidine groups is 1. The monoisotopic (exact) mass is 565 g/mol. The molecule has 0 atom stereocenters. The number of piperazine rings is 1. The van der Waals surface area contributed by atoms with Gasteiger partial charge in [0.2, 0.25) is 5.95 Å². The third-order valence-electron chi connectivity index (χ3n) is 5.23. The maximum atomic E-state index is 5.74. The van der Waals surface area contributed by atoms with Crippen molar-refractivity contribution in [3.05, 3.63) is 60.9 Å². The number of aliphatic imine (C=N–C) groups is 1. The SMILES string of the molecule is C=CCOc1ccccc1CN=C(NCC)NCCCN1CCN(c2ncccn2)CC1.I. The molecule has 9 heteroatoms. The predicted octanol–water partition coefficient (Wildman–Crippen LogP) is 2.93. The number of para-hydroxylation sites is 1. The number of nitrogens with one attached hydrogen (secondary N) is 2. The summed E-state index contributed by atoms with van der Waals surface area (Å²) in [5.74, 6) is 2.51. The third kappa shape index (κ3) is 9.17. The van der Waals surface area contributed by atoms with Crippen LogP contribution in [0.3, 0.4) is 0 Å². The lowest BCUT2D eigenvalue weighted by Crippen LogP contribution is -2.47. The van der Waals surface area contributed by atoms with E-state index < -0.39 is 0 Å². The molecule has 0 spiro atoms. The van der Waals surface area contributed by atoms with Crippen LogP contribution in [0.15, 0.2) is 60.4 Å². The first-order chi connectivity index (χ1) is 15.8. The number of benzene rings is 1. The Kier molecular flexibility index (Phi) is 12.6. The molecule has 180 valence electrons. The summed E-state index contributed by atoms with van der Waals surface area (Å²) in [6, 6.07) is 9.86. The summed E-state index contributed by atoms with van der Waals surface area (Å²) in [6.07, 6.45) is 6.42. The molecule has 33 heavy (non-hydrogen) atoms. The molecule has 0 bridgehead atoms. The van der Waals surface area contributed by atoms with Crippen molar-refractivity contribution < 1.29 is 4.74 Å².